The molecule has 4 unspecified atom stereocenters. The van der Waals surface area contributed by atoms with Crippen LogP contribution in [0.2, 0.25) is 0 Å². The highest BCUT2D eigenvalue weighted by Crippen LogP contribution is 2.38. The molecule has 2 saturated heterocycles. The Morgan fingerprint density at radius 3 is 2.49 bits per heavy atom. The van der Waals surface area contributed by atoms with Gasteiger partial charge >= 0.3 is 6.18 Å². The molecule has 2 aromatic rings. The average Bonchev–Trinajstić information content (AvgIpc) is 3.41. The number of rotatable bonds is 7. The van der Waals surface area contributed by atoms with Crippen molar-refractivity contribution >= 4 is 27.3 Å². The summed E-state index contributed by atoms with van der Waals surface area (Å²) in [6, 6.07) is 2.40. The van der Waals surface area contributed by atoms with Gasteiger partial charge in [-0.05, 0) is 25.3 Å². The lowest BCUT2D eigenvalue weighted by molar-refractivity contribution is -0.259. The summed E-state index contributed by atoms with van der Waals surface area (Å²) < 4.78 is 73.4. The molecular weight excluding hydrogens is 535 g/mol. The molecule has 206 valence electrons. The van der Waals surface area contributed by atoms with E-state index in [4.69, 9.17) is 4.74 Å². The van der Waals surface area contributed by atoms with E-state index in [1.54, 1.807) is 22.4 Å². The zero-order chi connectivity index (χ0) is 27.0. The Kier molecular flexibility index (Phi) is 8.14. The van der Waals surface area contributed by atoms with Gasteiger partial charge in [-0.25, -0.2) is 18.4 Å². The molecule has 37 heavy (non-hydrogen) atoms. The van der Waals surface area contributed by atoms with Crippen molar-refractivity contribution in [1.29, 1.82) is 0 Å². The van der Waals surface area contributed by atoms with Gasteiger partial charge in [0.2, 0.25) is 5.95 Å². The Bertz CT molecular complexity index is 1150. The first kappa shape index (κ1) is 28.1. The van der Waals surface area contributed by atoms with E-state index in [-0.39, 0.29) is 48.5 Å². The second kappa shape index (κ2) is 10.7. The van der Waals surface area contributed by atoms with Crippen LogP contribution in [0.25, 0.3) is 0 Å². The van der Waals surface area contributed by atoms with Crippen molar-refractivity contribution in [2.45, 2.75) is 48.0 Å². The zero-order valence-corrected chi connectivity index (χ0v) is 22.0. The number of nitrogens with zero attached hydrogens (tertiary/aromatic N) is 5. The predicted octanol–water partition coefficient (Wildman–Crippen LogP) is 1.27. The van der Waals surface area contributed by atoms with Gasteiger partial charge in [0.15, 0.2) is 5.60 Å². The number of alkyl halides is 3. The van der Waals surface area contributed by atoms with E-state index < -0.39 is 33.4 Å². The van der Waals surface area contributed by atoms with E-state index in [2.05, 4.69) is 9.97 Å². The van der Waals surface area contributed by atoms with Gasteiger partial charge in [0.25, 0.3) is 10.0 Å². The van der Waals surface area contributed by atoms with Crippen molar-refractivity contribution in [3.63, 3.8) is 0 Å². The topological polar surface area (TPSA) is 119 Å². The standard InChI is InChI=1S/C22H30F3N5O5S2/c1-15-13-35-14-18(12-31)30(15)11-17-10-28(37(33,34)19-4-3-7-36-19)5-6-29(17)20-26-8-16(9-27-20)21(2,32)22(23,24)25/h3-4,7-9,15,17-18,31-32H,5-6,10-14H2,1-2H3. The Morgan fingerprint density at radius 1 is 1.19 bits per heavy atom. The lowest BCUT2D eigenvalue weighted by Gasteiger charge is -2.46. The first-order valence-corrected chi connectivity index (χ1v) is 14.0. The third-order valence-electron chi connectivity index (χ3n) is 6.88. The van der Waals surface area contributed by atoms with Crippen molar-refractivity contribution in [3.8, 4) is 0 Å². The molecule has 0 aromatic carbocycles. The van der Waals surface area contributed by atoms with Crippen LogP contribution in [0, 0.1) is 0 Å². The monoisotopic (exact) mass is 565 g/mol. The number of thiophene rings is 1. The molecular formula is C22H30F3N5O5S2. The number of hydrogen-bond acceptors (Lipinski definition) is 10. The molecule has 2 fully saturated rings. The van der Waals surface area contributed by atoms with Gasteiger partial charge in [-0.3, -0.25) is 4.90 Å². The summed E-state index contributed by atoms with van der Waals surface area (Å²) in [4.78, 5) is 12.0. The Balaban J connectivity index is 1.63. The van der Waals surface area contributed by atoms with Crippen LogP contribution in [0.15, 0.2) is 34.1 Å². The molecule has 2 aromatic heterocycles. The van der Waals surface area contributed by atoms with Crippen LogP contribution < -0.4 is 4.90 Å². The summed E-state index contributed by atoms with van der Waals surface area (Å²) in [7, 11) is -3.74. The maximum atomic E-state index is 13.3. The number of aliphatic hydroxyl groups is 2. The first-order chi connectivity index (χ1) is 17.4. The maximum Gasteiger partial charge on any atom is 0.421 e. The number of sulfonamides is 1. The lowest BCUT2D eigenvalue weighted by atomic mass is 9.99. The average molecular weight is 566 g/mol. The van der Waals surface area contributed by atoms with E-state index in [0.717, 1.165) is 23.7 Å². The summed E-state index contributed by atoms with van der Waals surface area (Å²) in [6.45, 7) is 3.96. The van der Waals surface area contributed by atoms with Crippen LogP contribution in [0.1, 0.15) is 19.4 Å². The van der Waals surface area contributed by atoms with E-state index in [0.29, 0.717) is 26.7 Å². The number of aliphatic hydroxyl groups excluding tert-OH is 1. The molecule has 15 heteroatoms. The van der Waals surface area contributed by atoms with E-state index in [1.807, 2.05) is 11.8 Å². The summed E-state index contributed by atoms with van der Waals surface area (Å²) in [5.41, 5.74) is -3.61. The number of aromatic nitrogens is 2. The fraction of sp³-hybridized carbons (Fsp3) is 0.636. The van der Waals surface area contributed by atoms with Gasteiger partial charge in [-0.15, -0.1) is 11.3 Å². The summed E-state index contributed by atoms with van der Waals surface area (Å²) >= 11 is 1.12. The van der Waals surface area contributed by atoms with Crippen molar-refractivity contribution in [2.24, 2.45) is 0 Å². The Hall–Kier alpha value is -1.88. The van der Waals surface area contributed by atoms with E-state index in [1.165, 1.54) is 4.31 Å². The SMILES string of the molecule is CC1COCC(CO)N1CC1CN(S(=O)(=O)c2cccs2)CCN1c1ncc(C(C)(O)C(F)(F)F)cn1. The van der Waals surface area contributed by atoms with Crippen LogP contribution in [-0.2, 0) is 20.4 Å². The van der Waals surface area contributed by atoms with Crippen LogP contribution in [0.4, 0.5) is 19.1 Å². The van der Waals surface area contributed by atoms with Crippen molar-refractivity contribution in [3.05, 3.63) is 35.5 Å². The smallest absolute Gasteiger partial charge is 0.395 e. The lowest BCUT2D eigenvalue weighted by Crippen LogP contribution is -2.62. The van der Waals surface area contributed by atoms with E-state index in [9.17, 15) is 31.8 Å². The molecule has 0 saturated carbocycles. The molecule has 2 aliphatic heterocycles. The van der Waals surface area contributed by atoms with Gasteiger partial charge in [-0.1, -0.05) is 6.07 Å². The second-order valence-corrected chi connectivity index (χ2v) is 12.5. The molecule has 0 bridgehead atoms. The fourth-order valence-electron chi connectivity index (χ4n) is 4.54. The molecule has 10 nitrogen and oxygen atoms in total. The molecule has 2 N–H and O–H groups in total. The zero-order valence-electron chi connectivity index (χ0n) is 20.4. The summed E-state index contributed by atoms with van der Waals surface area (Å²) in [5.74, 6) is 0.126. The van der Waals surface area contributed by atoms with Crippen molar-refractivity contribution in [2.75, 3.05) is 50.9 Å². The molecule has 0 radical (unpaired) electrons. The second-order valence-electron chi connectivity index (χ2n) is 9.40. The number of anilines is 1. The van der Waals surface area contributed by atoms with Crippen LogP contribution in [-0.4, -0.2) is 108 Å². The highest BCUT2D eigenvalue weighted by Gasteiger charge is 2.51. The first-order valence-electron chi connectivity index (χ1n) is 11.7. The van der Waals surface area contributed by atoms with Gasteiger partial charge in [-0.2, -0.15) is 17.5 Å². The Labute approximate surface area is 217 Å². The maximum absolute atomic E-state index is 13.3. The minimum atomic E-state index is -4.91. The molecule has 2 aliphatic rings. The minimum absolute atomic E-state index is 0.0535. The quantitative estimate of drug-likeness (QED) is 0.512. The van der Waals surface area contributed by atoms with Crippen molar-refractivity contribution < 1.29 is 36.5 Å². The Morgan fingerprint density at radius 2 is 1.89 bits per heavy atom. The molecule has 4 atom stereocenters. The number of halogens is 3. The van der Waals surface area contributed by atoms with Crippen LogP contribution in [0.5, 0.6) is 0 Å². The summed E-state index contributed by atoms with van der Waals surface area (Å²) in [6.07, 6.45) is -3.03. The number of morpholine rings is 1. The number of piperazine rings is 1. The highest BCUT2D eigenvalue weighted by molar-refractivity contribution is 7.91. The predicted molar refractivity (Wildman–Crippen MR) is 130 cm³/mol. The normalized spacial score (nSPS) is 26.2. The summed E-state index contributed by atoms with van der Waals surface area (Å²) in [5, 5.41) is 21.5. The fourth-order valence-corrected chi connectivity index (χ4v) is 7.16. The molecule has 4 heterocycles. The molecule has 0 amide bonds. The van der Waals surface area contributed by atoms with Gasteiger partial charge < -0.3 is 19.8 Å². The van der Waals surface area contributed by atoms with Crippen LogP contribution >= 0.6 is 11.3 Å². The van der Waals surface area contributed by atoms with E-state index >= 15 is 0 Å². The van der Waals surface area contributed by atoms with Crippen LogP contribution in [0.3, 0.4) is 0 Å². The number of hydrogen-bond donors (Lipinski definition) is 2. The molecule has 0 aliphatic carbocycles. The largest absolute Gasteiger partial charge is 0.421 e. The highest BCUT2D eigenvalue weighted by atomic mass is 32.2. The van der Waals surface area contributed by atoms with Gasteiger partial charge in [0.05, 0.1) is 31.9 Å². The minimum Gasteiger partial charge on any atom is -0.395 e. The van der Waals surface area contributed by atoms with Crippen molar-refractivity contribution in [1.82, 2.24) is 19.2 Å². The molecule has 4 rings (SSSR count). The molecule has 0 spiro atoms. The van der Waals surface area contributed by atoms with Gasteiger partial charge in [0.1, 0.15) is 4.21 Å². The third kappa shape index (κ3) is 5.62. The third-order valence-corrected chi connectivity index (χ3v) is 10.1. The van der Waals surface area contributed by atoms with Gasteiger partial charge in [0, 0.05) is 50.2 Å². The number of ether oxygens (including phenoxy) is 1.